The molecule has 6 nitrogen and oxygen atoms in total. The maximum absolute atomic E-state index is 13.1. The van der Waals surface area contributed by atoms with E-state index in [-0.39, 0.29) is 17.1 Å². The van der Waals surface area contributed by atoms with Crippen LogP contribution in [-0.2, 0) is 16.1 Å². The minimum Gasteiger partial charge on any atom is -0.444 e. The molecule has 3 aliphatic rings. The lowest BCUT2D eigenvalue weighted by atomic mass is 9.70. The molecule has 2 N–H and O–H groups in total. The molecule has 0 unspecified atom stereocenters. The predicted octanol–water partition coefficient (Wildman–Crippen LogP) is 3.62. The van der Waals surface area contributed by atoms with Crippen LogP contribution >= 0.6 is 0 Å². The first-order valence-electron chi connectivity index (χ1n) is 9.75. The van der Waals surface area contributed by atoms with E-state index >= 15 is 0 Å². The summed E-state index contributed by atoms with van der Waals surface area (Å²) in [6.07, 6.45) is 6.29. The maximum Gasteiger partial charge on any atom is 0.205 e. The zero-order valence-corrected chi connectivity index (χ0v) is 16.2. The van der Waals surface area contributed by atoms with Gasteiger partial charge in [0.05, 0.1) is 11.6 Å². The van der Waals surface area contributed by atoms with E-state index in [9.17, 15) is 10.1 Å². The largest absolute Gasteiger partial charge is 0.444 e. The summed E-state index contributed by atoms with van der Waals surface area (Å²) >= 11 is 0. The van der Waals surface area contributed by atoms with E-state index < -0.39 is 5.92 Å². The quantitative estimate of drug-likeness (QED) is 0.878. The standard InChI is InChI=1S/C21H26N4O2/c1-4-7-25-11-14(19(24-25)12-5-6-12)17-13(10-22)20(23)27-16-9-21(2,3)8-15(26)18(16)17/h11-12,17H,4-9,23H2,1-3H3/t17-/m0/s1. The first kappa shape index (κ1) is 17.8. The van der Waals surface area contributed by atoms with Gasteiger partial charge in [0.15, 0.2) is 5.78 Å². The molecule has 1 fully saturated rings. The van der Waals surface area contributed by atoms with Crippen molar-refractivity contribution in [2.45, 2.75) is 71.3 Å². The SMILES string of the molecule is CCCn1cc([C@@H]2C(C#N)=C(N)OC3=C2C(=O)CC(C)(C)C3)c(C2CC2)n1. The zero-order valence-electron chi connectivity index (χ0n) is 16.2. The molecule has 2 heterocycles. The Balaban J connectivity index is 1.88. The molecule has 0 amide bonds. The van der Waals surface area contributed by atoms with Gasteiger partial charge < -0.3 is 10.5 Å². The average Bonchev–Trinajstić information content (AvgIpc) is 3.33. The number of hydrogen-bond donors (Lipinski definition) is 1. The lowest BCUT2D eigenvalue weighted by Crippen LogP contribution is -2.33. The van der Waals surface area contributed by atoms with Crippen LogP contribution < -0.4 is 5.73 Å². The molecule has 27 heavy (non-hydrogen) atoms. The molecule has 0 bridgehead atoms. The van der Waals surface area contributed by atoms with E-state index in [1.165, 1.54) is 0 Å². The third-order valence-corrected chi connectivity index (χ3v) is 5.62. The number of aryl methyl sites for hydroxylation is 1. The van der Waals surface area contributed by atoms with Crippen LogP contribution in [0.25, 0.3) is 0 Å². The van der Waals surface area contributed by atoms with Gasteiger partial charge in [-0.2, -0.15) is 10.4 Å². The van der Waals surface area contributed by atoms with Crippen molar-refractivity contribution in [2.24, 2.45) is 11.1 Å². The first-order valence-corrected chi connectivity index (χ1v) is 9.75. The molecule has 0 radical (unpaired) electrons. The molecule has 4 rings (SSSR count). The van der Waals surface area contributed by atoms with E-state index in [0.29, 0.717) is 35.7 Å². The molecule has 0 saturated heterocycles. The maximum atomic E-state index is 13.1. The van der Waals surface area contributed by atoms with Crippen LogP contribution in [0.1, 0.15) is 76.0 Å². The van der Waals surface area contributed by atoms with Gasteiger partial charge in [0.1, 0.15) is 17.4 Å². The Morgan fingerprint density at radius 3 is 2.78 bits per heavy atom. The van der Waals surface area contributed by atoms with Gasteiger partial charge in [0.25, 0.3) is 0 Å². The predicted molar refractivity (Wildman–Crippen MR) is 100 cm³/mol. The molecular weight excluding hydrogens is 340 g/mol. The Labute approximate surface area is 159 Å². The van der Waals surface area contributed by atoms with Crippen LogP contribution in [0.15, 0.2) is 29.0 Å². The number of hydrogen-bond acceptors (Lipinski definition) is 5. The van der Waals surface area contributed by atoms with Crippen molar-refractivity contribution in [1.82, 2.24) is 9.78 Å². The average molecular weight is 366 g/mol. The highest BCUT2D eigenvalue weighted by Gasteiger charge is 2.45. The van der Waals surface area contributed by atoms with Gasteiger partial charge in [0, 0.05) is 42.6 Å². The van der Waals surface area contributed by atoms with Crippen molar-refractivity contribution in [2.75, 3.05) is 0 Å². The minimum atomic E-state index is -0.455. The molecule has 1 aromatic heterocycles. The van der Waals surface area contributed by atoms with Gasteiger partial charge in [-0.15, -0.1) is 0 Å². The highest BCUT2D eigenvalue weighted by Crippen LogP contribution is 2.51. The van der Waals surface area contributed by atoms with Crippen molar-refractivity contribution in [3.63, 3.8) is 0 Å². The highest BCUT2D eigenvalue weighted by atomic mass is 16.5. The van der Waals surface area contributed by atoms with Crippen molar-refractivity contribution in [3.8, 4) is 6.07 Å². The number of nitriles is 1. The third kappa shape index (κ3) is 3.05. The van der Waals surface area contributed by atoms with Crippen LogP contribution in [0.5, 0.6) is 0 Å². The van der Waals surface area contributed by atoms with E-state index in [2.05, 4.69) is 26.8 Å². The Morgan fingerprint density at radius 2 is 2.15 bits per heavy atom. The summed E-state index contributed by atoms with van der Waals surface area (Å²) in [6.45, 7) is 7.04. The second-order valence-electron chi connectivity index (χ2n) is 8.71. The van der Waals surface area contributed by atoms with Gasteiger partial charge in [-0.05, 0) is 24.7 Å². The molecule has 0 spiro atoms. The summed E-state index contributed by atoms with van der Waals surface area (Å²) in [6, 6.07) is 2.21. The number of carbonyl (C=O) groups is 1. The fraction of sp³-hybridized carbons (Fsp3) is 0.571. The number of nitrogens with zero attached hydrogens (tertiary/aromatic N) is 3. The summed E-state index contributed by atoms with van der Waals surface area (Å²) < 4.78 is 7.73. The normalized spacial score (nSPS) is 24.5. The lowest BCUT2D eigenvalue weighted by molar-refractivity contribution is -0.119. The number of aromatic nitrogens is 2. The number of ketones is 1. The Kier molecular flexibility index (Phi) is 4.14. The van der Waals surface area contributed by atoms with Gasteiger partial charge in [0.2, 0.25) is 5.88 Å². The monoisotopic (exact) mass is 366 g/mol. The zero-order chi connectivity index (χ0) is 19.3. The molecule has 0 aromatic carbocycles. The number of nitrogens with two attached hydrogens (primary N) is 1. The van der Waals surface area contributed by atoms with Crippen LogP contribution in [-0.4, -0.2) is 15.6 Å². The Hall–Kier alpha value is -2.55. The van der Waals surface area contributed by atoms with E-state index in [1.807, 2.05) is 10.9 Å². The van der Waals surface area contributed by atoms with Crippen molar-refractivity contribution >= 4 is 5.78 Å². The second-order valence-corrected chi connectivity index (χ2v) is 8.71. The number of rotatable bonds is 4. The molecule has 2 aliphatic carbocycles. The number of allylic oxidation sites excluding steroid dienone is 3. The summed E-state index contributed by atoms with van der Waals surface area (Å²) in [7, 11) is 0. The van der Waals surface area contributed by atoms with E-state index in [4.69, 9.17) is 15.6 Å². The molecule has 6 heteroatoms. The van der Waals surface area contributed by atoms with Gasteiger partial charge in [-0.25, -0.2) is 0 Å². The van der Waals surface area contributed by atoms with Crippen LogP contribution in [0, 0.1) is 16.7 Å². The Bertz CT molecular complexity index is 909. The minimum absolute atomic E-state index is 0.0523. The summed E-state index contributed by atoms with van der Waals surface area (Å²) in [5, 5.41) is 14.6. The molecule has 1 aliphatic heterocycles. The van der Waals surface area contributed by atoms with Crippen molar-refractivity contribution in [3.05, 3.63) is 40.2 Å². The summed E-state index contributed by atoms with van der Waals surface area (Å²) in [4.78, 5) is 13.1. The lowest BCUT2D eigenvalue weighted by Gasteiger charge is -2.37. The number of Topliss-reactive ketones (excluding diaryl/α,β-unsaturated/α-hetero) is 1. The summed E-state index contributed by atoms with van der Waals surface area (Å²) in [5.41, 5.74) is 8.87. The molecule has 1 aromatic rings. The Morgan fingerprint density at radius 1 is 1.41 bits per heavy atom. The van der Waals surface area contributed by atoms with Gasteiger partial charge >= 0.3 is 0 Å². The molecular formula is C21H26N4O2. The molecule has 1 atom stereocenters. The number of carbonyl (C=O) groups excluding carboxylic acids is 1. The number of ether oxygens (including phenoxy) is 1. The third-order valence-electron chi connectivity index (χ3n) is 5.62. The van der Waals surface area contributed by atoms with E-state index in [0.717, 1.165) is 37.1 Å². The summed E-state index contributed by atoms with van der Waals surface area (Å²) in [5.74, 6) is 0.765. The smallest absolute Gasteiger partial charge is 0.205 e. The van der Waals surface area contributed by atoms with Crippen LogP contribution in [0.2, 0.25) is 0 Å². The van der Waals surface area contributed by atoms with Crippen molar-refractivity contribution < 1.29 is 9.53 Å². The van der Waals surface area contributed by atoms with Crippen molar-refractivity contribution in [1.29, 1.82) is 5.26 Å². The van der Waals surface area contributed by atoms with Crippen LogP contribution in [0.4, 0.5) is 0 Å². The molecule has 142 valence electrons. The second kappa shape index (κ2) is 6.26. The first-order chi connectivity index (χ1) is 12.8. The fourth-order valence-corrected chi connectivity index (χ4v) is 4.29. The van der Waals surface area contributed by atoms with Gasteiger partial charge in [-0.3, -0.25) is 9.48 Å². The highest BCUT2D eigenvalue weighted by molar-refractivity contribution is 6.00. The van der Waals surface area contributed by atoms with E-state index in [1.54, 1.807) is 0 Å². The fourth-order valence-electron chi connectivity index (χ4n) is 4.29. The van der Waals surface area contributed by atoms with Gasteiger partial charge in [-0.1, -0.05) is 20.8 Å². The van der Waals surface area contributed by atoms with Crippen LogP contribution in [0.3, 0.4) is 0 Å². The molecule has 1 saturated carbocycles. The topological polar surface area (TPSA) is 93.9 Å².